The zero-order valence-electron chi connectivity index (χ0n) is 18.3. The van der Waals surface area contributed by atoms with Gasteiger partial charge in [0.1, 0.15) is 5.01 Å². The quantitative estimate of drug-likeness (QED) is 0.552. The first-order valence-corrected chi connectivity index (χ1v) is 11.9. The first kappa shape index (κ1) is 23.0. The number of piperidine rings is 1. The van der Waals surface area contributed by atoms with Crippen LogP contribution in [-0.4, -0.2) is 45.6 Å². The second-order valence-electron chi connectivity index (χ2n) is 9.48. The number of rotatable bonds is 9. The number of alkyl halides is 2. The summed E-state index contributed by atoms with van der Waals surface area (Å²) in [6, 6.07) is 3.32. The van der Waals surface area contributed by atoms with Crippen LogP contribution in [0.5, 0.6) is 5.88 Å². The number of aliphatic carboxylic acids is 1. The van der Waals surface area contributed by atoms with Crippen molar-refractivity contribution in [2.24, 2.45) is 23.2 Å². The average molecular weight is 466 g/mol. The van der Waals surface area contributed by atoms with E-state index in [1.165, 1.54) is 17.5 Å². The molecule has 1 saturated carbocycles. The number of hydrogen-bond donors (Lipinski definition) is 1. The van der Waals surface area contributed by atoms with Crippen LogP contribution in [0.2, 0.25) is 0 Å². The van der Waals surface area contributed by atoms with Gasteiger partial charge in [-0.05, 0) is 42.7 Å². The molecule has 2 aromatic heterocycles. The van der Waals surface area contributed by atoms with Gasteiger partial charge in [0.15, 0.2) is 0 Å². The van der Waals surface area contributed by atoms with Gasteiger partial charge in [0.05, 0.1) is 11.0 Å². The smallest absolute Gasteiger partial charge is 0.388 e. The minimum atomic E-state index is -2.96. The second kappa shape index (κ2) is 9.39. The van der Waals surface area contributed by atoms with Crippen LogP contribution in [0.15, 0.2) is 24.5 Å². The van der Waals surface area contributed by atoms with Crippen molar-refractivity contribution in [1.82, 2.24) is 14.9 Å². The van der Waals surface area contributed by atoms with Crippen LogP contribution in [0.4, 0.5) is 8.78 Å². The zero-order valence-corrected chi connectivity index (χ0v) is 19.2. The van der Waals surface area contributed by atoms with Crippen molar-refractivity contribution >= 4 is 17.3 Å². The molecule has 0 amide bonds. The van der Waals surface area contributed by atoms with Crippen LogP contribution in [-0.2, 0) is 11.3 Å². The van der Waals surface area contributed by atoms with Crippen molar-refractivity contribution in [2.45, 2.75) is 52.7 Å². The van der Waals surface area contributed by atoms with Gasteiger partial charge in [-0.25, -0.2) is 9.97 Å². The summed E-state index contributed by atoms with van der Waals surface area (Å²) in [6.07, 6.45) is 6.88. The lowest BCUT2D eigenvalue weighted by Crippen LogP contribution is -2.52. The molecule has 3 heterocycles. The summed E-state index contributed by atoms with van der Waals surface area (Å²) in [6.45, 7) is 3.33. The lowest BCUT2D eigenvalue weighted by Gasteiger charge is -2.45. The van der Waals surface area contributed by atoms with E-state index in [-0.39, 0.29) is 5.88 Å². The predicted octanol–water partition coefficient (Wildman–Crippen LogP) is 5.16. The van der Waals surface area contributed by atoms with E-state index in [4.69, 9.17) is 0 Å². The van der Waals surface area contributed by atoms with Gasteiger partial charge in [0.2, 0.25) is 5.88 Å². The molecule has 2 fully saturated rings. The van der Waals surface area contributed by atoms with Gasteiger partial charge >= 0.3 is 12.6 Å². The van der Waals surface area contributed by atoms with Crippen molar-refractivity contribution < 1.29 is 23.4 Å². The van der Waals surface area contributed by atoms with E-state index in [1.807, 2.05) is 0 Å². The van der Waals surface area contributed by atoms with Crippen LogP contribution in [0, 0.1) is 23.2 Å². The van der Waals surface area contributed by atoms with Gasteiger partial charge in [-0.3, -0.25) is 9.69 Å². The number of carboxylic acids is 1. The summed E-state index contributed by atoms with van der Waals surface area (Å²) in [7, 11) is 0. The first-order valence-electron chi connectivity index (χ1n) is 11.1. The number of hydrogen-bond acceptors (Lipinski definition) is 6. The molecule has 1 unspecified atom stereocenters. The minimum Gasteiger partial charge on any atom is -0.481 e. The number of likely N-dealkylation sites (tertiary alicyclic amines) is 1. The molecule has 2 aromatic rings. The molecule has 1 saturated heterocycles. The lowest BCUT2D eigenvalue weighted by atomic mass is 9.69. The Balaban J connectivity index is 1.54. The number of carboxylic acid groups (broad SMARTS) is 1. The van der Waals surface area contributed by atoms with E-state index in [9.17, 15) is 18.7 Å². The second-order valence-corrected chi connectivity index (χ2v) is 10.6. The monoisotopic (exact) mass is 465 g/mol. The van der Waals surface area contributed by atoms with Crippen LogP contribution in [0.25, 0.3) is 10.6 Å². The molecule has 2 atom stereocenters. The van der Waals surface area contributed by atoms with Crippen molar-refractivity contribution in [3.8, 4) is 16.5 Å². The van der Waals surface area contributed by atoms with Crippen molar-refractivity contribution in [1.29, 1.82) is 0 Å². The average Bonchev–Trinajstić information content (AvgIpc) is 3.42. The fourth-order valence-electron chi connectivity index (χ4n) is 4.74. The molecular formula is C23H29F2N3O3S. The molecule has 1 aliphatic carbocycles. The molecule has 1 aliphatic heterocycles. The van der Waals surface area contributed by atoms with E-state index in [1.54, 1.807) is 18.3 Å². The fourth-order valence-corrected chi connectivity index (χ4v) is 5.72. The predicted molar refractivity (Wildman–Crippen MR) is 118 cm³/mol. The Kier molecular flexibility index (Phi) is 6.76. The van der Waals surface area contributed by atoms with Crippen LogP contribution in [0.3, 0.4) is 0 Å². The third kappa shape index (κ3) is 5.26. The van der Waals surface area contributed by atoms with E-state index in [0.29, 0.717) is 41.4 Å². The molecular weight excluding hydrogens is 436 g/mol. The zero-order chi connectivity index (χ0) is 22.9. The van der Waals surface area contributed by atoms with Crippen molar-refractivity contribution in [2.75, 3.05) is 13.1 Å². The summed E-state index contributed by atoms with van der Waals surface area (Å²) < 4.78 is 30.0. The normalized spacial score (nSPS) is 24.2. The third-order valence-electron chi connectivity index (χ3n) is 6.58. The summed E-state index contributed by atoms with van der Waals surface area (Å²) >= 11 is 1.40. The SMILES string of the molecule is CC(C)C1CN(Cc2cnc(-c3cccnc3OC(F)F)s2)C[C@](CC2CC2)(C(=O)O)C1. The summed E-state index contributed by atoms with van der Waals surface area (Å²) in [5.41, 5.74) is -0.278. The van der Waals surface area contributed by atoms with Gasteiger partial charge in [-0.2, -0.15) is 8.78 Å². The number of carbonyl (C=O) groups is 1. The lowest BCUT2D eigenvalue weighted by molar-refractivity contribution is -0.156. The number of nitrogens with zero attached hydrogens (tertiary/aromatic N) is 3. The van der Waals surface area contributed by atoms with Crippen molar-refractivity contribution in [3.63, 3.8) is 0 Å². The maximum atomic E-state index is 12.7. The summed E-state index contributed by atoms with van der Waals surface area (Å²) in [5.74, 6) is 0.421. The highest BCUT2D eigenvalue weighted by Crippen LogP contribution is 2.47. The Morgan fingerprint density at radius 1 is 1.38 bits per heavy atom. The van der Waals surface area contributed by atoms with Crippen LogP contribution < -0.4 is 4.74 Å². The van der Waals surface area contributed by atoms with E-state index >= 15 is 0 Å². The standard InChI is InChI=1S/C23H29F2N3O3S/c1-14(2)16-9-23(21(29)30,8-15-5-6-15)13-28(11-16)12-17-10-27-20(32-17)18-4-3-7-26-19(18)31-22(24)25/h3-4,7,10,14-16,22H,5-6,8-9,11-13H2,1-2H3,(H,29,30)/t16?,23-/m1/s1. The number of ether oxygens (including phenoxy) is 1. The number of halogens is 2. The number of thiazole rings is 1. The van der Waals surface area contributed by atoms with Gasteiger partial charge in [-0.1, -0.05) is 26.7 Å². The topological polar surface area (TPSA) is 75.5 Å². The largest absolute Gasteiger partial charge is 0.481 e. The highest BCUT2D eigenvalue weighted by Gasteiger charge is 2.49. The molecule has 9 heteroatoms. The fraction of sp³-hybridized carbons (Fsp3) is 0.609. The molecule has 2 aliphatic rings. The molecule has 0 bridgehead atoms. The minimum absolute atomic E-state index is 0.143. The van der Waals surface area contributed by atoms with Gasteiger partial charge in [0.25, 0.3) is 0 Å². The van der Waals surface area contributed by atoms with Gasteiger partial charge in [0, 0.05) is 36.9 Å². The van der Waals surface area contributed by atoms with E-state index < -0.39 is 18.0 Å². The van der Waals surface area contributed by atoms with Crippen LogP contribution in [0.1, 0.15) is 44.4 Å². The summed E-state index contributed by atoms with van der Waals surface area (Å²) in [4.78, 5) is 23.9. The molecule has 0 spiro atoms. The molecule has 4 rings (SSSR count). The molecule has 0 aromatic carbocycles. The highest BCUT2D eigenvalue weighted by molar-refractivity contribution is 7.15. The molecule has 6 nitrogen and oxygen atoms in total. The Morgan fingerprint density at radius 3 is 2.81 bits per heavy atom. The maximum Gasteiger partial charge on any atom is 0.388 e. The third-order valence-corrected chi connectivity index (χ3v) is 7.60. The van der Waals surface area contributed by atoms with Crippen LogP contribution >= 0.6 is 11.3 Å². The Hall–Kier alpha value is -2.13. The Morgan fingerprint density at radius 2 is 2.16 bits per heavy atom. The molecule has 1 N–H and O–H groups in total. The molecule has 32 heavy (non-hydrogen) atoms. The maximum absolute atomic E-state index is 12.7. The first-order chi connectivity index (χ1) is 15.3. The van der Waals surface area contributed by atoms with Gasteiger partial charge < -0.3 is 9.84 Å². The van der Waals surface area contributed by atoms with E-state index in [2.05, 4.69) is 33.5 Å². The Labute approximate surface area is 190 Å². The highest BCUT2D eigenvalue weighted by atomic mass is 32.1. The molecule has 174 valence electrons. The van der Waals surface area contributed by atoms with Gasteiger partial charge in [-0.15, -0.1) is 11.3 Å². The number of aromatic nitrogens is 2. The number of pyridine rings is 1. The summed E-state index contributed by atoms with van der Waals surface area (Å²) in [5, 5.41) is 10.7. The van der Waals surface area contributed by atoms with Crippen molar-refractivity contribution in [3.05, 3.63) is 29.4 Å². The van der Waals surface area contributed by atoms with E-state index in [0.717, 1.165) is 37.1 Å². The Bertz CT molecular complexity index is 950. The molecule has 0 radical (unpaired) electrons.